The molecule has 1 aliphatic rings. The predicted octanol–water partition coefficient (Wildman–Crippen LogP) is 3.49. The third-order valence-corrected chi connectivity index (χ3v) is 7.32. The quantitative estimate of drug-likeness (QED) is 0.744. The van der Waals surface area contributed by atoms with E-state index in [1.54, 1.807) is 11.0 Å². The fourth-order valence-electron chi connectivity index (χ4n) is 3.15. The Morgan fingerprint density at radius 3 is 2.31 bits per heavy atom. The Bertz CT molecular complexity index is 891. The summed E-state index contributed by atoms with van der Waals surface area (Å²) in [6, 6.07) is 12.1. The van der Waals surface area contributed by atoms with Crippen LogP contribution >= 0.6 is 11.6 Å². The second kappa shape index (κ2) is 7.76. The van der Waals surface area contributed by atoms with Gasteiger partial charge in [-0.25, -0.2) is 12.8 Å². The zero-order chi connectivity index (χ0) is 18.7. The molecule has 0 atom stereocenters. The minimum absolute atomic E-state index is 0.0595. The van der Waals surface area contributed by atoms with Crippen molar-refractivity contribution in [1.29, 1.82) is 0 Å². The summed E-state index contributed by atoms with van der Waals surface area (Å²) in [5.41, 5.74) is 0.764. The molecule has 2 aromatic rings. The van der Waals surface area contributed by atoms with Gasteiger partial charge in [-0.15, -0.1) is 0 Å². The normalized spacial score (nSPS) is 15.8. The van der Waals surface area contributed by atoms with E-state index in [0.717, 1.165) is 17.7 Å². The lowest BCUT2D eigenvalue weighted by Crippen LogP contribution is -2.43. The second-order valence-corrected chi connectivity index (χ2v) is 8.98. The van der Waals surface area contributed by atoms with E-state index in [2.05, 4.69) is 0 Å². The number of rotatable bonds is 4. The molecule has 138 valence electrons. The van der Waals surface area contributed by atoms with Gasteiger partial charge >= 0.3 is 0 Å². The maximum atomic E-state index is 13.0. The largest absolute Gasteiger partial charge is 0.342 e. The number of amides is 1. The van der Waals surface area contributed by atoms with Crippen molar-refractivity contribution in [2.75, 3.05) is 13.1 Å². The van der Waals surface area contributed by atoms with Crippen LogP contribution in [0.15, 0.2) is 53.4 Å². The molecule has 1 saturated heterocycles. The number of carbonyl (C=O) groups excluding carboxylic acids is 1. The van der Waals surface area contributed by atoms with Gasteiger partial charge in [0.15, 0.2) is 9.84 Å². The number of hydrogen-bond acceptors (Lipinski definition) is 3. The first-order valence-electron chi connectivity index (χ1n) is 8.38. The van der Waals surface area contributed by atoms with E-state index in [1.165, 1.54) is 12.1 Å². The lowest BCUT2D eigenvalue weighted by molar-refractivity contribution is -0.131. The zero-order valence-corrected chi connectivity index (χ0v) is 15.6. The molecule has 0 saturated carbocycles. The minimum atomic E-state index is -3.52. The van der Waals surface area contributed by atoms with Crippen molar-refractivity contribution in [2.24, 2.45) is 0 Å². The summed E-state index contributed by atoms with van der Waals surface area (Å²) >= 11 is 6.09. The number of sulfone groups is 1. The second-order valence-electron chi connectivity index (χ2n) is 6.35. The summed E-state index contributed by atoms with van der Waals surface area (Å²) in [6.45, 7) is 0.767. The molecule has 0 spiro atoms. The smallest absolute Gasteiger partial charge is 0.227 e. The van der Waals surface area contributed by atoms with Crippen molar-refractivity contribution < 1.29 is 17.6 Å². The van der Waals surface area contributed by atoms with Gasteiger partial charge in [0.2, 0.25) is 5.91 Å². The molecular weight excluding hydrogens is 377 g/mol. The first kappa shape index (κ1) is 18.9. The average Bonchev–Trinajstić information content (AvgIpc) is 2.64. The summed E-state index contributed by atoms with van der Waals surface area (Å²) in [7, 11) is -3.52. The Labute approximate surface area is 157 Å². The zero-order valence-electron chi connectivity index (χ0n) is 14.1. The molecule has 1 aliphatic heterocycles. The molecule has 0 aromatic heterocycles. The van der Waals surface area contributed by atoms with Gasteiger partial charge in [-0.05, 0) is 48.7 Å². The van der Waals surface area contributed by atoms with Crippen molar-refractivity contribution in [2.45, 2.75) is 29.4 Å². The van der Waals surface area contributed by atoms with Crippen LogP contribution in [0.5, 0.6) is 0 Å². The summed E-state index contributed by atoms with van der Waals surface area (Å²) in [5.74, 6) is -0.528. The fraction of sp³-hybridized carbons (Fsp3) is 0.316. The summed E-state index contributed by atoms with van der Waals surface area (Å²) in [6.07, 6.45) is 0.941. The van der Waals surface area contributed by atoms with Crippen LogP contribution in [0.1, 0.15) is 18.4 Å². The maximum absolute atomic E-state index is 13.0. The van der Waals surface area contributed by atoms with Crippen molar-refractivity contribution in [3.8, 4) is 0 Å². The van der Waals surface area contributed by atoms with E-state index in [0.29, 0.717) is 31.0 Å². The van der Waals surface area contributed by atoms with Gasteiger partial charge in [0.1, 0.15) is 5.82 Å². The fourth-order valence-corrected chi connectivity index (χ4v) is 5.08. The van der Waals surface area contributed by atoms with E-state index in [1.807, 2.05) is 18.2 Å². The number of likely N-dealkylation sites (tertiary alicyclic amines) is 1. The highest BCUT2D eigenvalue weighted by Crippen LogP contribution is 2.25. The maximum Gasteiger partial charge on any atom is 0.227 e. The van der Waals surface area contributed by atoms with Crippen LogP contribution in [0.2, 0.25) is 5.02 Å². The first-order valence-corrected chi connectivity index (χ1v) is 10.3. The number of carbonyl (C=O) groups is 1. The van der Waals surface area contributed by atoms with Crippen molar-refractivity contribution >= 4 is 27.3 Å². The van der Waals surface area contributed by atoms with E-state index in [-0.39, 0.29) is 17.2 Å². The Hall–Kier alpha value is -1.92. The molecule has 26 heavy (non-hydrogen) atoms. The topological polar surface area (TPSA) is 54.5 Å². The molecule has 1 amide bonds. The van der Waals surface area contributed by atoms with Crippen LogP contribution in [0.25, 0.3) is 0 Å². The Balaban J connectivity index is 1.62. The number of halogens is 2. The van der Waals surface area contributed by atoms with Gasteiger partial charge in [-0.2, -0.15) is 0 Å². The standard InChI is InChI=1S/C19H19ClFNO3S/c20-18-4-2-1-3-14(18)13-19(23)22-11-9-17(10-12-22)26(24,25)16-7-5-15(21)6-8-16/h1-8,17H,9-13H2. The van der Waals surface area contributed by atoms with Gasteiger partial charge in [0.25, 0.3) is 0 Å². The Kier molecular flexibility index (Phi) is 5.63. The highest BCUT2D eigenvalue weighted by atomic mass is 35.5. The molecule has 0 unspecified atom stereocenters. The van der Waals surface area contributed by atoms with Crippen molar-refractivity contribution in [3.63, 3.8) is 0 Å². The summed E-state index contributed by atoms with van der Waals surface area (Å²) < 4.78 is 38.4. The van der Waals surface area contributed by atoms with Gasteiger partial charge in [-0.1, -0.05) is 29.8 Å². The molecule has 0 radical (unpaired) electrons. The van der Waals surface area contributed by atoms with Gasteiger partial charge in [-0.3, -0.25) is 4.79 Å². The lowest BCUT2D eigenvalue weighted by Gasteiger charge is -2.32. The van der Waals surface area contributed by atoms with Crippen LogP contribution in [0, 0.1) is 5.82 Å². The van der Waals surface area contributed by atoms with Gasteiger partial charge in [0.05, 0.1) is 16.6 Å². The predicted molar refractivity (Wildman–Crippen MR) is 98.3 cm³/mol. The first-order chi connectivity index (χ1) is 12.4. The van der Waals surface area contributed by atoms with Gasteiger partial charge in [0, 0.05) is 18.1 Å². The molecule has 1 heterocycles. The number of nitrogens with zero attached hydrogens (tertiary/aromatic N) is 1. The van der Waals surface area contributed by atoms with Crippen LogP contribution in [0.4, 0.5) is 4.39 Å². The molecule has 0 aliphatic carbocycles. The highest BCUT2D eigenvalue weighted by molar-refractivity contribution is 7.92. The molecule has 0 N–H and O–H groups in total. The Morgan fingerprint density at radius 2 is 1.69 bits per heavy atom. The van der Waals surface area contributed by atoms with Crippen LogP contribution < -0.4 is 0 Å². The van der Waals surface area contributed by atoms with E-state index in [9.17, 15) is 17.6 Å². The Morgan fingerprint density at radius 1 is 1.08 bits per heavy atom. The molecular formula is C19H19ClFNO3S. The number of hydrogen-bond donors (Lipinski definition) is 0. The number of benzene rings is 2. The van der Waals surface area contributed by atoms with Gasteiger partial charge < -0.3 is 4.90 Å². The van der Waals surface area contributed by atoms with E-state index >= 15 is 0 Å². The monoisotopic (exact) mass is 395 g/mol. The molecule has 2 aromatic carbocycles. The van der Waals surface area contributed by atoms with Crippen LogP contribution in [-0.2, 0) is 21.1 Å². The minimum Gasteiger partial charge on any atom is -0.342 e. The van der Waals surface area contributed by atoms with Crippen molar-refractivity contribution in [1.82, 2.24) is 4.90 Å². The molecule has 1 fully saturated rings. The molecule has 3 rings (SSSR count). The SMILES string of the molecule is O=C(Cc1ccccc1Cl)N1CCC(S(=O)(=O)c2ccc(F)cc2)CC1. The van der Waals surface area contributed by atoms with E-state index < -0.39 is 20.9 Å². The molecule has 7 heteroatoms. The lowest BCUT2D eigenvalue weighted by atomic mass is 10.1. The third kappa shape index (κ3) is 4.07. The highest BCUT2D eigenvalue weighted by Gasteiger charge is 2.32. The van der Waals surface area contributed by atoms with Crippen molar-refractivity contribution in [3.05, 3.63) is 64.9 Å². The molecule has 0 bridgehead atoms. The summed E-state index contributed by atoms with van der Waals surface area (Å²) in [5, 5.41) is -0.00746. The third-order valence-electron chi connectivity index (χ3n) is 4.68. The summed E-state index contributed by atoms with van der Waals surface area (Å²) in [4.78, 5) is 14.3. The van der Waals surface area contributed by atoms with Crippen LogP contribution in [-0.4, -0.2) is 37.6 Å². The van der Waals surface area contributed by atoms with E-state index in [4.69, 9.17) is 11.6 Å². The molecule has 4 nitrogen and oxygen atoms in total. The van der Waals surface area contributed by atoms with Crippen LogP contribution in [0.3, 0.4) is 0 Å². The average molecular weight is 396 g/mol. The number of piperidine rings is 1.